The van der Waals surface area contributed by atoms with Crippen molar-refractivity contribution >= 4 is 28.2 Å². The van der Waals surface area contributed by atoms with Crippen molar-refractivity contribution in [3.8, 4) is 5.75 Å². The Labute approximate surface area is 121 Å². The van der Waals surface area contributed by atoms with Crippen LogP contribution in [-0.4, -0.2) is 18.0 Å². The molecule has 0 aliphatic heterocycles. The van der Waals surface area contributed by atoms with E-state index in [-0.39, 0.29) is 5.91 Å². The number of anilines is 2. The first-order chi connectivity index (χ1) is 10.2. The highest BCUT2D eigenvalue weighted by atomic mass is 16.5. The Balaban J connectivity index is 1.93. The Kier molecular flexibility index (Phi) is 3.23. The molecule has 1 amide bonds. The number of methoxy groups -OCH3 is 1. The molecule has 0 aliphatic carbocycles. The highest BCUT2D eigenvalue weighted by Gasteiger charge is 2.13. The van der Waals surface area contributed by atoms with Crippen molar-refractivity contribution in [3.63, 3.8) is 0 Å². The molecule has 5 heteroatoms. The van der Waals surface area contributed by atoms with E-state index in [0.29, 0.717) is 17.0 Å². The molecule has 2 aromatic carbocycles. The molecule has 3 rings (SSSR count). The average Bonchev–Trinajstić information content (AvgIpc) is 2.91. The summed E-state index contributed by atoms with van der Waals surface area (Å²) < 4.78 is 5.12. The van der Waals surface area contributed by atoms with Crippen molar-refractivity contribution in [2.75, 3.05) is 18.2 Å². The van der Waals surface area contributed by atoms with Crippen LogP contribution in [0.1, 0.15) is 10.4 Å². The molecular weight excluding hydrogens is 266 g/mol. The molecule has 0 fully saturated rings. The van der Waals surface area contributed by atoms with Gasteiger partial charge in [-0.3, -0.25) is 4.79 Å². The van der Waals surface area contributed by atoms with E-state index in [9.17, 15) is 4.79 Å². The Morgan fingerprint density at radius 3 is 2.86 bits per heavy atom. The third-order valence-corrected chi connectivity index (χ3v) is 3.34. The second-order valence-corrected chi connectivity index (χ2v) is 4.66. The molecule has 0 unspecified atom stereocenters. The van der Waals surface area contributed by atoms with Gasteiger partial charge in [0.05, 0.1) is 18.4 Å². The van der Waals surface area contributed by atoms with Crippen LogP contribution in [0.2, 0.25) is 0 Å². The number of ether oxygens (including phenoxy) is 1. The number of para-hydroxylation sites is 1. The summed E-state index contributed by atoms with van der Waals surface area (Å²) in [6.07, 6.45) is 1.76. The number of nitrogens with two attached hydrogens (primary N) is 1. The Hall–Kier alpha value is -2.95. The minimum atomic E-state index is -0.267. The van der Waals surface area contributed by atoms with Crippen LogP contribution in [0.25, 0.3) is 10.9 Å². The van der Waals surface area contributed by atoms with Gasteiger partial charge in [-0.25, -0.2) is 0 Å². The molecule has 106 valence electrons. The molecule has 0 bridgehead atoms. The Bertz CT molecular complexity index is 808. The van der Waals surface area contributed by atoms with E-state index in [1.54, 1.807) is 31.5 Å². The van der Waals surface area contributed by atoms with E-state index in [1.165, 1.54) is 0 Å². The van der Waals surface area contributed by atoms with Crippen LogP contribution in [0.3, 0.4) is 0 Å². The molecule has 0 saturated heterocycles. The molecule has 0 spiro atoms. The minimum Gasteiger partial charge on any atom is -0.497 e. The lowest BCUT2D eigenvalue weighted by molar-refractivity contribution is 0.102. The van der Waals surface area contributed by atoms with Gasteiger partial charge < -0.3 is 20.8 Å². The zero-order valence-electron chi connectivity index (χ0n) is 11.5. The van der Waals surface area contributed by atoms with Crippen molar-refractivity contribution in [2.45, 2.75) is 0 Å². The number of benzene rings is 2. The summed E-state index contributed by atoms with van der Waals surface area (Å²) >= 11 is 0. The highest BCUT2D eigenvalue weighted by Crippen LogP contribution is 2.25. The van der Waals surface area contributed by atoms with Crippen LogP contribution in [-0.2, 0) is 0 Å². The largest absolute Gasteiger partial charge is 0.497 e. The number of hydrogen-bond acceptors (Lipinski definition) is 3. The normalized spacial score (nSPS) is 10.5. The molecule has 0 aliphatic rings. The summed E-state index contributed by atoms with van der Waals surface area (Å²) in [7, 11) is 1.55. The number of nitrogen functional groups attached to an aromatic ring is 1. The molecule has 4 N–H and O–H groups in total. The van der Waals surface area contributed by atoms with Crippen LogP contribution >= 0.6 is 0 Å². The summed E-state index contributed by atoms with van der Waals surface area (Å²) in [5.41, 5.74) is 8.35. The van der Waals surface area contributed by atoms with E-state index in [0.717, 1.165) is 16.6 Å². The van der Waals surface area contributed by atoms with E-state index < -0.39 is 0 Å². The number of fused-ring (bicyclic) bond motifs is 1. The Morgan fingerprint density at radius 1 is 1.24 bits per heavy atom. The average molecular weight is 281 g/mol. The van der Waals surface area contributed by atoms with Crippen molar-refractivity contribution in [1.82, 2.24) is 4.98 Å². The van der Waals surface area contributed by atoms with Crippen molar-refractivity contribution in [1.29, 1.82) is 0 Å². The van der Waals surface area contributed by atoms with Gasteiger partial charge in [-0.2, -0.15) is 0 Å². The van der Waals surface area contributed by atoms with Crippen LogP contribution in [0.15, 0.2) is 48.7 Å². The van der Waals surface area contributed by atoms with Crippen LogP contribution in [0, 0.1) is 0 Å². The zero-order valence-corrected chi connectivity index (χ0v) is 11.5. The summed E-state index contributed by atoms with van der Waals surface area (Å²) in [6, 6.07) is 12.7. The second-order valence-electron chi connectivity index (χ2n) is 4.66. The van der Waals surface area contributed by atoms with E-state index in [2.05, 4.69) is 10.3 Å². The fourth-order valence-electron chi connectivity index (χ4n) is 2.22. The lowest BCUT2D eigenvalue weighted by Gasteiger charge is -2.08. The number of nitrogens with one attached hydrogen (secondary N) is 2. The number of carbonyl (C=O) groups excluding carboxylic acids is 1. The van der Waals surface area contributed by atoms with E-state index >= 15 is 0 Å². The van der Waals surface area contributed by atoms with Gasteiger partial charge in [-0.1, -0.05) is 18.2 Å². The standard InChI is InChI=1S/C16H15N3O2/c1-21-10-6-7-13(17)12(8-10)16(20)19-15-9-18-14-5-3-2-4-11(14)15/h2-9,18H,17H2,1H3,(H,19,20). The van der Waals surface area contributed by atoms with Gasteiger partial charge in [0.2, 0.25) is 0 Å². The second kappa shape index (κ2) is 5.20. The maximum absolute atomic E-state index is 12.4. The van der Waals surface area contributed by atoms with E-state index in [1.807, 2.05) is 24.3 Å². The van der Waals surface area contributed by atoms with Gasteiger partial charge >= 0.3 is 0 Å². The number of aromatic nitrogens is 1. The smallest absolute Gasteiger partial charge is 0.257 e. The predicted octanol–water partition coefficient (Wildman–Crippen LogP) is 3.01. The van der Waals surface area contributed by atoms with Gasteiger partial charge in [-0.05, 0) is 24.3 Å². The van der Waals surface area contributed by atoms with Crippen LogP contribution < -0.4 is 15.8 Å². The molecule has 1 aromatic heterocycles. The number of hydrogen-bond donors (Lipinski definition) is 3. The van der Waals surface area contributed by atoms with Crippen molar-refractivity contribution < 1.29 is 9.53 Å². The maximum atomic E-state index is 12.4. The summed E-state index contributed by atoms with van der Waals surface area (Å²) in [6.45, 7) is 0. The van der Waals surface area contributed by atoms with Gasteiger partial charge in [0.25, 0.3) is 5.91 Å². The van der Waals surface area contributed by atoms with Crippen molar-refractivity contribution in [3.05, 3.63) is 54.2 Å². The first-order valence-electron chi connectivity index (χ1n) is 6.50. The summed E-state index contributed by atoms with van der Waals surface area (Å²) in [4.78, 5) is 15.5. The third-order valence-electron chi connectivity index (χ3n) is 3.34. The first kappa shape index (κ1) is 13.1. The highest BCUT2D eigenvalue weighted by molar-refractivity contribution is 6.11. The molecule has 0 atom stereocenters. The number of carbonyl (C=O) groups is 1. The number of aromatic amines is 1. The molecule has 21 heavy (non-hydrogen) atoms. The van der Waals surface area contributed by atoms with Gasteiger partial charge in [0, 0.05) is 22.8 Å². The van der Waals surface area contributed by atoms with E-state index in [4.69, 9.17) is 10.5 Å². The molecule has 5 nitrogen and oxygen atoms in total. The Morgan fingerprint density at radius 2 is 2.05 bits per heavy atom. The lowest BCUT2D eigenvalue weighted by Crippen LogP contribution is -2.14. The van der Waals surface area contributed by atoms with Gasteiger partial charge in [0.1, 0.15) is 5.75 Å². The SMILES string of the molecule is COc1ccc(N)c(C(=O)Nc2c[nH]c3ccccc23)c1. The molecule has 0 saturated carbocycles. The number of H-pyrrole nitrogens is 1. The minimum absolute atomic E-state index is 0.267. The summed E-state index contributed by atoms with van der Waals surface area (Å²) in [5, 5.41) is 3.82. The zero-order chi connectivity index (χ0) is 14.8. The first-order valence-corrected chi connectivity index (χ1v) is 6.50. The molecule has 0 radical (unpaired) electrons. The number of rotatable bonds is 3. The van der Waals surface area contributed by atoms with Gasteiger partial charge in [0.15, 0.2) is 0 Å². The van der Waals surface area contributed by atoms with Gasteiger partial charge in [-0.15, -0.1) is 0 Å². The van der Waals surface area contributed by atoms with Crippen molar-refractivity contribution in [2.24, 2.45) is 0 Å². The fraction of sp³-hybridized carbons (Fsp3) is 0.0625. The fourth-order valence-corrected chi connectivity index (χ4v) is 2.22. The molecular formula is C16H15N3O2. The third kappa shape index (κ3) is 2.41. The topological polar surface area (TPSA) is 80.1 Å². The van der Waals surface area contributed by atoms with Crippen LogP contribution in [0.4, 0.5) is 11.4 Å². The predicted molar refractivity (Wildman–Crippen MR) is 83.7 cm³/mol. The molecule has 1 heterocycles. The molecule has 3 aromatic rings. The summed E-state index contributed by atoms with van der Waals surface area (Å²) in [5.74, 6) is 0.324. The monoisotopic (exact) mass is 281 g/mol. The quantitative estimate of drug-likeness (QED) is 0.645. The number of amides is 1. The lowest BCUT2D eigenvalue weighted by atomic mass is 10.1. The van der Waals surface area contributed by atoms with Crippen LogP contribution in [0.5, 0.6) is 5.75 Å². The maximum Gasteiger partial charge on any atom is 0.257 e.